The van der Waals surface area contributed by atoms with Gasteiger partial charge in [-0.1, -0.05) is 13.8 Å². The van der Waals surface area contributed by atoms with Gasteiger partial charge in [-0.05, 0) is 18.3 Å². The molecule has 1 amide bonds. The molecule has 0 aromatic carbocycles. The van der Waals surface area contributed by atoms with E-state index in [1.165, 1.54) is 7.05 Å². The van der Waals surface area contributed by atoms with Crippen molar-refractivity contribution >= 4 is 37.8 Å². The van der Waals surface area contributed by atoms with E-state index in [-0.39, 0.29) is 32.5 Å². The van der Waals surface area contributed by atoms with E-state index in [9.17, 15) is 13.2 Å². The monoisotopic (exact) mass is 331 g/mol. The topological polar surface area (TPSA) is 101 Å². The summed E-state index contributed by atoms with van der Waals surface area (Å²) in [6, 6.07) is 0. The van der Waals surface area contributed by atoms with Crippen LogP contribution in [0.2, 0.25) is 0 Å². The lowest BCUT2D eigenvalue weighted by Gasteiger charge is -2.11. The zero-order valence-electron chi connectivity index (χ0n) is 12.4. The summed E-state index contributed by atoms with van der Waals surface area (Å²) in [6.07, 6.45) is 2.25. The summed E-state index contributed by atoms with van der Waals surface area (Å²) in [7, 11) is -1.99. The van der Waals surface area contributed by atoms with Crippen molar-refractivity contribution in [3.8, 4) is 0 Å². The van der Waals surface area contributed by atoms with Crippen LogP contribution < -0.4 is 16.4 Å². The van der Waals surface area contributed by atoms with E-state index in [2.05, 4.69) is 17.6 Å². The van der Waals surface area contributed by atoms with Crippen LogP contribution in [0.25, 0.3) is 0 Å². The Morgan fingerprint density at radius 3 is 2.52 bits per heavy atom. The molecule has 0 unspecified atom stereocenters. The van der Waals surface area contributed by atoms with Crippen molar-refractivity contribution in [2.24, 2.45) is 5.41 Å². The first-order valence-corrected chi connectivity index (χ1v) is 9.32. The summed E-state index contributed by atoms with van der Waals surface area (Å²) < 4.78 is 24.5. The molecule has 1 fully saturated rings. The molecule has 1 aromatic heterocycles. The van der Waals surface area contributed by atoms with E-state index in [0.29, 0.717) is 11.5 Å². The molecule has 0 spiro atoms. The number of rotatable bonds is 6. The van der Waals surface area contributed by atoms with Crippen LogP contribution in [0, 0.1) is 5.41 Å². The number of nitrogens with one attached hydrogen (secondary N) is 2. The third-order valence-corrected chi connectivity index (χ3v) is 6.90. The highest BCUT2D eigenvalue weighted by Crippen LogP contribution is 2.46. The standard InChI is InChI=1S/C13H21N3O3S2/c1-4-21(18,19)10-8(14)9(11(17)15-3)20-12(10)16-7-13(2)5-6-13/h16H,4-7,14H2,1-3H3,(H,15,17). The maximum absolute atomic E-state index is 12.3. The van der Waals surface area contributed by atoms with Gasteiger partial charge < -0.3 is 16.4 Å². The van der Waals surface area contributed by atoms with Crippen molar-refractivity contribution in [1.29, 1.82) is 0 Å². The molecule has 1 aliphatic carbocycles. The molecule has 1 aromatic rings. The number of amides is 1. The van der Waals surface area contributed by atoms with Crippen LogP contribution in [0.5, 0.6) is 0 Å². The predicted molar refractivity (Wildman–Crippen MR) is 85.7 cm³/mol. The maximum Gasteiger partial charge on any atom is 0.263 e. The highest BCUT2D eigenvalue weighted by molar-refractivity contribution is 7.91. The molecule has 0 atom stereocenters. The fourth-order valence-electron chi connectivity index (χ4n) is 1.96. The van der Waals surface area contributed by atoms with Gasteiger partial charge in [-0.2, -0.15) is 0 Å². The molecule has 4 N–H and O–H groups in total. The summed E-state index contributed by atoms with van der Waals surface area (Å²) in [5, 5.41) is 6.13. The van der Waals surface area contributed by atoms with Crippen LogP contribution in [0.4, 0.5) is 10.7 Å². The van der Waals surface area contributed by atoms with Crippen LogP contribution >= 0.6 is 11.3 Å². The Morgan fingerprint density at radius 1 is 1.43 bits per heavy atom. The number of nitrogen functional groups attached to an aromatic ring is 1. The first-order valence-electron chi connectivity index (χ1n) is 6.85. The third-order valence-electron chi connectivity index (χ3n) is 3.80. The van der Waals surface area contributed by atoms with Gasteiger partial charge in [0, 0.05) is 13.6 Å². The minimum atomic E-state index is -3.48. The lowest BCUT2D eigenvalue weighted by molar-refractivity contribution is 0.0968. The zero-order valence-corrected chi connectivity index (χ0v) is 14.1. The molecule has 8 heteroatoms. The van der Waals surface area contributed by atoms with Gasteiger partial charge in [0.25, 0.3) is 5.91 Å². The number of carbonyl (C=O) groups excluding carboxylic acids is 1. The number of sulfone groups is 1. The molecule has 118 valence electrons. The minimum absolute atomic E-state index is 0.0460. The third kappa shape index (κ3) is 3.16. The Balaban J connectivity index is 2.43. The van der Waals surface area contributed by atoms with E-state index in [1.54, 1.807) is 6.92 Å². The maximum atomic E-state index is 12.3. The normalized spacial score (nSPS) is 16.5. The van der Waals surface area contributed by atoms with Gasteiger partial charge in [-0.15, -0.1) is 11.3 Å². The van der Waals surface area contributed by atoms with Crippen molar-refractivity contribution in [2.45, 2.75) is 31.6 Å². The molecular formula is C13H21N3O3S2. The quantitative estimate of drug-likeness (QED) is 0.736. The molecule has 0 aliphatic heterocycles. The first-order chi connectivity index (χ1) is 9.74. The van der Waals surface area contributed by atoms with Crippen molar-refractivity contribution in [3.05, 3.63) is 4.88 Å². The van der Waals surface area contributed by atoms with Crippen molar-refractivity contribution in [3.63, 3.8) is 0 Å². The summed E-state index contributed by atoms with van der Waals surface area (Å²) >= 11 is 1.10. The van der Waals surface area contributed by atoms with Gasteiger partial charge in [0.2, 0.25) is 0 Å². The van der Waals surface area contributed by atoms with Gasteiger partial charge in [-0.3, -0.25) is 4.79 Å². The van der Waals surface area contributed by atoms with Crippen LogP contribution in [-0.2, 0) is 9.84 Å². The van der Waals surface area contributed by atoms with E-state index >= 15 is 0 Å². The highest BCUT2D eigenvalue weighted by Gasteiger charge is 2.38. The molecule has 2 rings (SSSR count). The Kier molecular flexibility index (Phi) is 4.21. The largest absolute Gasteiger partial charge is 0.396 e. The number of nitrogens with two attached hydrogens (primary N) is 1. The molecule has 1 aliphatic rings. The summed E-state index contributed by atoms with van der Waals surface area (Å²) in [4.78, 5) is 12.1. The van der Waals surface area contributed by atoms with Gasteiger partial charge in [0.1, 0.15) is 14.8 Å². The Bertz CT molecular complexity index is 660. The smallest absolute Gasteiger partial charge is 0.263 e. The van der Waals surface area contributed by atoms with Crippen LogP contribution in [-0.4, -0.2) is 33.7 Å². The average Bonchev–Trinajstić information content (AvgIpc) is 3.08. The van der Waals surface area contributed by atoms with Crippen LogP contribution in [0.15, 0.2) is 4.90 Å². The average molecular weight is 331 g/mol. The number of hydrogen-bond donors (Lipinski definition) is 3. The van der Waals surface area contributed by atoms with E-state index in [1.807, 2.05) is 0 Å². The molecule has 0 bridgehead atoms. The summed E-state index contributed by atoms with van der Waals surface area (Å²) in [6.45, 7) is 4.40. The second-order valence-electron chi connectivity index (χ2n) is 5.65. The summed E-state index contributed by atoms with van der Waals surface area (Å²) in [5.74, 6) is -0.414. The SMILES string of the molecule is CCS(=O)(=O)c1c(NCC2(C)CC2)sc(C(=O)NC)c1N. The Labute approximate surface area is 129 Å². The van der Waals surface area contributed by atoms with Gasteiger partial charge in [-0.25, -0.2) is 8.42 Å². The fraction of sp³-hybridized carbons (Fsp3) is 0.615. The fourth-order valence-corrected chi connectivity index (χ4v) is 4.57. The van der Waals surface area contributed by atoms with E-state index < -0.39 is 9.84 Å². The predicted octanol–water partition coefficient (Wildman–Crippen LogP) is 1.70. The minimum Gasteiger partial charge on any atom is -0.396 e. The van der Waals surface area contributed by atoms with Crippen molar-refractivity contribution < 1.29 is 13.2 Å². The molecule has 6 nitrogen and oxygen atoms in total. The van der Waals surface area contributed by atoms with Gasteiger partial charge >= 0.3 is 0 Å². The van der Waals surface area contributed by atoms with Gasteiger partial charge in [0.15, 0.2) is 9.84 Å². The highest BCUT2D eigenvalue weighted by atomic mass is 32.2. The lowest BCUT2D eigenvalue weighted by atomic mass is 10.1. The Morgan fingerprint density at radius 2 is 2.05 bits per heavy atom. The second kappa shape index (κ2) is 5.49. The number of anilines is 2. The van der Waals surface area contributed by atoms with Crippen LogP contribution in [0.3, 0.4) is 0 Å². The second-order valence-corrected chi connectivity index (χ2v) is 8.89. The first kappa shape index (κ1) is 16.1. The summed E-state index contributed by atoms with van der Waals surface area (Å²) in [5.41, 5.74) is 6.20. The molecule has 1 saturated carbocycles. The number of carbonyl (C=O) groups is 1. The van der Waals surface area contributed by atoms with Crippen LogP contribution in [0.1, 0.15) is 36.4 Å². The molecular weight excluding hydrogens is 310 g/mol. The van der Waals surface area contributed by atoms with Gasteiger partial charge in [0.05, 0.1) is 11.4 Å². The van der Waals surface area contributed by atoms with E-state index in [0.717, 1.165) is 24.2 Å². The Hall–Kier alpha value is -1.28. The molecule has 0 radical (unpaired) electrons. The number of thiophene rings is 1. The zero-order chi connectivity index (χ0) is 15.8. The van der Waals surface area contributed by atoms with Crippen molar-refractivity contribution in [2.75, 3.05) is 30.4 Å². The molecule has 0 saturated heterocycles. The van der Waals surface area contributed by atoms with E-state index in [4.69, 9.17) is 5.73 Å². The molecule has 21 heavy (non-hydrogen) atoms. The number of hydrogen-bond acceptors (Lipinski definition) is 6. The lowest BCUT2D eigenvalue weighted by Crippen LogP contribution is -2.18. The van der Waals surface area contributed by atoms with Crippen molar-refractivity contribution in [1.82, 2.24) is 5.32 Å². The molecule has 1 heterocycles.